The van der Waals surface area contributed by atoms with E-state index >= 15 is 0 Å². The summed E-state index contributed by atoms with van der Waals surface area (Å²) in [5.41, 5.74) is 0. The quantitative estimate of drug-likeness (QED) is 0.208. The fourth-order valence-corrected chi connectivity index (χ4v) is 1.79. The topological polar surface area (TPSA) is 0 Å². The molecule has 0 saturated carbocycles. The number of alkyl halides is 21. The zero-order valence-electron chi connectivity index (χ0n) is 13.0. The lowest BCUT2D eigenvalue weighted by molar-refractivity contribution is -0.454. The lowest BCUT2D eigenvalue weighted by atomic mass is 9.88. The Hall–Kier alpha value is -0.920. The Bertz CT molecular complexity index is 652. The van der Waals surface area contributed by atoms with Crippen molar-refractivity contribution in [2.45, 2.75) is 58.6 Å². The van der Waals surface area contributed by atoms with E-state index in [1.54, 1.807) is 0 Å². The van der Waals surface area contributed by atoms with Crippen LogP contribution in [0.5, 0.6) is 0 Å². The van der Waals surface area contributed by atoms with Gasteiger partial charge in [0.1, 0.15) is 0 Å². The number of hydrogen-bond acceptors (Lipinski definition) is 0. The Kier molecular flexibility index (Phi) is 7.07. The largest absolute Gasteiger partial charge is 0.425 e. The van der Waals surface area contributed by atoms with Crippen LogP contribution in [0.25, 0.3) is 0 Å². The van der Waals surface area contributed by atoms with E-state index in [2.05, 4.69) is 0 Å². The first kappa shape index (κ1) is 30.1. The van der Waals surface area contributed by atoms with Gasteiger partial charge >= 0.3 is 52.5 Å². The lowest BCUT2D eigenvalue weighted by Gasteiger charge is -2.43. The van der Waals surface area contributed by atoms with Crippen molar-refractivity contribution in [1.82, 2.24) is 0 Å². The van der Waals surface area contributed by atoms with E-state index in [-0.39, 0.29) is 15.9 Å². The molecule has 0 N–H and O–H groups in total. The summed E-state index contributed by atoms with van der Waals surface area (Å²) in [6.07, 6.45) is -13.8. The maximum Gasteiger partial charge on any atom is 0.425 e. The molecule has 0 nitrogen and oxygen atoms in total. The highest BCUT2D eigenvalue weighted by Crippen LogP contribution is 2.65. The second-order valence-corrected chi connectivity index (χ2v) is 6.47. The molecule has 0 aromatic rings. The van der Waals surface area contributed by atoms with Crippen LogP contribution in [0.15, 0.2) is 0 Å². The first-order chi connectivity index (χ1) is 12.9. The van der Waals surface area contributed by atoms with Crippen LogP contribution in [0.4, 0.5) is 87.8 Å². The summed E-state index contributed by atoms with van der Waals surface area (Å²) in [6.45, 7) is 0. The first-order valence-corrected chi connectivity index (χ1v) is 7.12. The molecule has 0 aromatic carbocycles. The second kappa shape index (κ2) is 7.29. The molecule has 0 radical (unpaired) electrons. The van der Waals surface area contributed by atoms with E-state index < -0.39 is 58.6 Å². The van der Waals surface area contributed by atoms with Crippen LogP contribution in [-0.2, 0) is 0 Å². The summed E-state index contributed by atoms with van der Waals surface area (Å²) in [5, 5.41) is 0. The van der Waals surface area contributed by atoms with Crippen molar-refractivity contribution in [1.29, 1.82) is 0 Å². The predicted octanol–water partition coefficient (Wildman–Crippen LogP) is 7.32. The van der Waals surface area contributed by atoms with Crippen molar-refractivity contribution in [2.75, 3.05) is 0 Å². The highest BCUT2D eigenvalue weighted by atomic mass is 79.9. The van der Waals surface area contributed by atoms with Gasteiger partial charge in [-0.25, -0.2) is 4.39 Å². The highest BCUT2D eigenvalue weighted by Gasteiger charge is 2.95. The third kappa shape index (κ3) is 3.89. The Labute approximate surface area is 163 Å². The van der Waals surface area contributed by atoms with Crippen molar-refractivity contribution < 1.29 is 87.8 Å². The maximum absolute atomic E-state index is 13.2. The van der Waals surface area contributed by atoms with Crippen molar-refractivity contribution >= 4 is 15.9 Å². The minimum absolute atomic E-state index is 0.286. The van der Waals surface area contributed by atoms with Crippen LogP contribution >= 0.6 is 15.9 Å². The summed E-state index contributed by atoms with van der Waals surface area (Å²) in [6, 6.07) is 0. The molecule has 0 bridgehead atoms. The van der Waals surface area contributed by atoms with Crippen LogP contribution in [0.1, 0.15) is 0 Å². The van der Waals surface area contributed by atoms with Gasteiger partial charge in [0.25, 0.3) is 6.17 Å². The van der Waals surface area contributed by atoms with Gasteiger partial charge in [0.2, 0.25) is 0 Å². The SMILES string of the molecule is FC(C(F)(F)F)C(F)(F)C(F)(F)C(F)(F)C(F)(F)C(F)(F)C(F)(F)C(F)(F)C(F)(F)Br. The Balaban J connectivity index is 6.84. The maximum atomic E-state index is 13.2. The van der Waals surface area contributed by atoms with Gasteiger partial charge in [-0.1, -0.05) is 0 Å². The molecule has 0 heterocycles. The molecular weight excluding hydrogens is 580 g/mol. The molecule has 0 aromatic heterocycles. The minimum atomic E-state index is -8.91. The highest BCUT2D eigenvalue weighted by molar-refractivity contribution is 9.10. The van der Waals surface area contributed by atoms with Crippen molar-refractivity contribution in [3.8, 4) is 0 Å². The van der Waals surface area contributed by atoms with E-state index in [9.17, 15) is 87.8 Å². The molecule has 0 aliphatic rings. The Morgan fingerprint density at radius 2 is 0.613 bits per heavy atom. The summed E-state index contributed by atoms with van der Waals surface area (Å²) in [4.78, 5) is -6.65. The molecule has 0 aliphatic carbocycles. The fraction of sp³-hybridized carbons (Fsp3) is 1.00. The van der Waals surface area contributed by atoms with Gasteiger partial charge in [-0.2, -0.15) is 83.4 Å². The Morgan fingerprint density at radius 1 is 0.387 bits per heavy atom. The predicted molar refractivity (Wildman–Crippen MR) is 59.5 cm³/mol. The van der Waals surface area contributed by atoms with Gasteiger partial charge in [-0.15, -0.1) is 0 Å². The number of hydrogen-bond donors (Lipinski definition) is 0. The van der Waals surface area contributed by atoms with Crippen molar-refractivity contribution in [3.63, 3.8) is 0 Å². The summed E-state index contributed by atoms with van der Waals surface area (Å²) >= 11 is 0.286. The smallest absolute Gasteiger partial charge is 0.230 e. The summed E-state index contributed by atoms with van der Waals surface area (Å²) < 4.78 is 255. The lowest BCUT2D eigenvalue weighted by Crippen LogP contribution is -2.75. The zero-order chi connectivity index (χ0) is 26.1. The molecule has 1 unspecified atom stereocenters. The third-order valence-electron chi connectivity index (χ3n) is 3.35. The van der Waals surface area contributed by atoms with Crippen LogP contribution in [0.2, 0.25) is 0 Å². The van der Waals surface area contributed by atoms with E-state index in [1.165, 1.54) is 0 Å². The van der Waals surface area contributed by atoms with Crippen LogP contribution in [0.3, 0.4) is 0 Å². The second-order valence-electron chi connectivity index (χ2n) is 5.47. The average Bonchev–Trinajstić information content (AvgIpc) is 2.50. The van der Waals surface area contributed by atoms with Crippen LogP contribution in [-0.4, -0.2) is 58.6 Å². The molecule has 0 rings (SSSR count). The number of halogens is 21. The molecule has 21 heteroatoms. The van der Waals surface area contributed by atoms with Gasteiger partial charge in [0.15, 0.2) is 0 Å². The first-order valence-electron chi connectivity index (χ1n) is 6.33. The zero-order valence-corrected chi connectivity index (χ0v) is 14.6. The monoisotopic (exact) mass is 580 g/mol. The van der Waals surface area contributed by atoms with Gasteiger partial charge in [0.05, 0.1) is 0 Å². The van der Waals surface area contributed by atoms with E-state index in [4.69, 9.17) is 0 Å². The molecule has 0 spiro atoms. The molecule has 0 fully saturated rings. The molecule has 0 amide bonds. The normalized spacial score (nSPS) is 17.7. The molecule has 0 saturated heterocycles. The van der Waals surface area contributed by atoms with E-state index in [0.717, 1.165) is 0 Å². The molecule has 188 valence electrons. The average molecular weight is 581 g/mol. The third-order valence-corrected chi connectivity index (χ3v) is 3.85. The summed E-state index contributed by atoms with van der Waals surface area (Å²) in [5.74, 6) is -59.6. The van der Waals surface area contributed by atoms with Crippen LogP contribution < -0.4 is 0 Å². The summed E-state index contributed by atoms with van der Waals surface area (Å²) in [7, 11) is 0. The Morgan fingerprint density at radius 3 is 0.839 bits per heavy atom. The molecule has 0 aliphatic heterocycles. The standard InChI is InChI=1S/C10HBrF20/c11-10(30,31)9(28,29)8(26,27)7(24,25)6(22,23)5(20,21)4(18,19)2(13,14)1(12)3(15,16)17/h1H. The van der Waals surface area contributed by atoms with E-state index in [1.807, 2.05) is 0 Å². The molecule has 1 atom stereocenters. The van der Waals surface area contributed by atoms with Crippen LogP contribution in [0, 0.1) is 0 Å². The van der Waals surface area contributed by atoms with Gasteiger partial charge in [0, 0.05) is 0 Å². The molecule has 31 heavy (non-hydrogen) atoms. The number of rotatable bonds is 8. The van der Waals surface area contributed by atoms with Gasteiger partial charge in [-0.05, 0) is 15.9 Å². The van der Waals surface area contributed by atoms with Gasteiger partial charge in [-0.3, -0.25) is 0 Å². The van der Waals surface area contributed by atoms with Crippen molar-refractivity contribution in [3.05, 3.63) is 0 Å². The molecular formula is C10HBrF20. The fourth-order valence-electron chi connectivity index (χ4n) is 1.54. The minimum Gasteiger partial charge on any atom is -0.230 e. The van der Waals surface area contributed by atoms with Gasteiger partial charge < -0.3 is 0 Å². The van der Waals surface area contributed by atoms with Crippen molar-refractivity contribution in [2.24, 2.45) is 0 Å². The van der Waals surface area contributed by atoms with E-state index in [0.29, 0.717) is 0 Å².